The summed E-state index contributed by atoms with van der Waals surface area (Å²) in [5.74, 6) is -0.159. The van der Waals surface area contributed by atoms with Crippen molar-refractivity contribution in [2.45, 2.75) is 20.3 Å². The van der Waals surface area contributed by atoms with Gasteiger partial charge in [-0.15, -0.1) is 11.3 Å². The van der Waals surface area contributed by atoms with Gasteiger partial charge in [0.2, 0.25) is 5.91 Å². The molecule has 26 heavy (non-hydrogen) atoms. The molecule has 0 unspecified atom stereocenters. The lowest BCUT2D eigenvalue weighted by molar-refractivity contribution is -0.115. The lowest BCUT2D eigenvalue weighted by Crippen LogP contribution is -2.14. The van der Waals surface area contributed by atoms with Gasteiger partial charge in [0.15, 0.2) is 10.7 Å². The third-order valence-corrected chi connectivity index (χ3v) is 4.88. The highest BCUT2D eigenvalue weighted by atomic mass is 32.1. The molecule has 0 aliphatic heterocycles. The average molecular weight is 363 g/mol. The van der Waals surface area contributed by atoms with E-state index in [2.05, 4.69) is 15.5 Å². The van der Waals surface area contributed by atoms with E-state index in [1.165, 1.54) is 11.3 Å². The van der Waals surface area contributed by atoms with Crippen LogP contribution in [0.1, 0.15) is 16.8 Å². The molecule has 4 rings (SSSR count). The molecule has 0 radical (unpaired) electrons. The Morgan fingerprint density at radius 1 is 1.19 bits per heavy atom. The number of aromatic nitrogens is 2. The van der Waals surface area contributed by atoms with Crippen LogP contribution in [0.2, 0.25) is 0 Å². The minimum absolute atomic E-state index is 0.149. The number of nitrogens with zero attached hydrogens (tertiary/aromatic N) is 2. The van der Waals surface area contributed by atoms with Gasteiger partial charge in [0.05, 0.1) is 12.1 Å². The van der Waals surface area contributed by atoms with Gasteiger partial charge in [-0.3, -0.25) is 4.79 Å². The maximum absolute atomic E-state index is 12.4. The molecule has 0 aliphatic carbocycles. The number of hydrogen-bond donors (Lipinski definition) is 1. The van der Waals surface area contributed by atoms with Crippen LogP contribution in [0.25, 0.3) is 22.2 Å². The van der Waals surface area contributed by atoms with E-state index in [0.717, 1.165) is 33.4 Å². The van der Waals surface area contributed by atoms with Gasteiger partial charge in [0.1, 0.15) is 5.69 Å². The first-order valence-electron chi connectivity index (χ1n) is 8.26. The largest absolute Gasteiger partial charge is 0.356 e. The first kappa shape index (κ1) is 16.5. The van der Waals surface area contributed by atoms with E-state index in [1.54, 1.807) is 0 Å². The number of benzene rings is 2. The van der Waals surface area contributed by atoms with Crippen LogP contribution in [0.3, 0.4) is 0 Å². The summed E-state index contributed by atoms with van der Waals surface area (Å²) in [4.78, 5) is 16.9. The van der Waals surface area contributed by atoms with Crippen molar-refractivity contribution >= 4 is 33.3 Å². The molecule has 0 aliphatic rings. The summed E-state index contributed by atoms with van der Waals surface area (Å²) in [5.41, 5.74) is 5.39. The quantitative estimate of drug-likeness (QED) is 0.568. The number of nitrogens with one attached hydrogen (secondary N) is 1. The monoisotopic (exact) mass is 363 g/mol. The number of carbonyl (C=O) groups is 1. The van der Waals surface area contributed by atoms with Crippen molar-refractivity contribution in [3.63, 3.8) is 0 Å². The zero-order valence-electron chi connectivity index (χ0n) is 14.4. The zero-order chi connectivity index (χ0) is 18.1. The molecule has 0 bridgehead atoms. The van der Waals surface area contributed by atoms with E-state index in [9.17, 15) is 4.79 Å². The number of hydrogen-bond acceptors (Lipinski definition) is 5. The Kier molecular flexibility index (Phi) is 4.26. The average Bonchev–Trinajstić information content (AvgIpc) is 3.23. The molecule has 5 nitrogen and oxygen atoms in total. The Morgan fingerprint density at radius 2 is 2.00 bits per heavy atom. The van der Waals surface area contributed by atoms with Gasteiger partial charge in [0, 0.05) is 16.3 Å². The van der Waals surface area contributed by atoms with Crippen LogP contribution in [0.4, 0.5) is 5.13 Å². The molecule has 2 aromatic heterocycles. The molecule has 0 atom stereocenters. The summed E-state index contributed by atoms with van der Waals surface area (Å²) in [7, 11) is 0. The normalized spacial score (nSPS) is 11.0. The van der Waals surface area contributed by atoms with Gasteiger partial charge in [-0.2, -0.15) is 0 Å². The number of rotatable bonds is 4. The lowest BCUT2D eigenvalue weighted by Gasteiger charge is -2.01. The van der Waals surface area contributed by atoms with E-state index in [-0.39, 0.29) is 12.3 Å². The van der Waals surface area contributed by atoms with E-state index in [0.29, 0.717) is 10.8 Å². The molecule has 4 aromatic rings. The van der Waals surface area contributed by atoms with Gasteiger partial charge >= 0.3 is 0 Å². The van der Waals surface area contributed by atoms with Crippen molar-refractivity contribution in [1.82, 2.24) is 10.1 Å². The molecule has 2 aromatic carbocycles. The highest BCUT2D eigenvalue weighted by Gasteiger charge is 2.15. The fraction of sp³-hybridized carbons (Fsp3) is 0.150. The van der Waals surface area contributed by atoms with E-state index in [4.69, 9.17) is 4.52 Å². The van der Waals surface area contributed by atoms with Crippen LogP contribution in [0, 0.1) is 13.8 Å². The third-order valence-electron chi connectivity index (χ3n) is 4.13. The van der Waals surface area contributed by atoms with E-state index >= 15 is 0 Å². The van der Waals surface area contributed by atoms with Gasteiger partial charge in [-0.1, -0.05) is 41.6 Å². The number of thiazole rings is 1. The fourth-order valence-corrected chi connectivity index (χ4v) is 3.69. The smallest absolute Gasteiger partial charge is 0.232 e. The maximum Gasteiger partial charge on any atom is 0.232 e. The van der Waals surface area contributed by atoms with Crippen LogP contribution in [-0.4, -0.2) is 16.0 Å². The first-order chi connectivity index (χ1) is 12.6. The second-order valence-corrected chi connectivity index (χ2v) is 7.07. The Bertz CT molecular complexity index is 1080. The number of carbonyl (C=O) groups excluding carboxylic acids is 1. The van der Waals surface area contributed by atoms with Crippen LogP contribution >= 0.6 is 11.3 Å². The summed E-state index contributed by atoms with van der Waals surface area (Å²) in [5, 5.41) is 10.3. The Hall–Kier alpha value is -2.99. The van der Waals surface area contributed by atoms with Crippen molar-refractivity contribution in [3.8, 4) is 11.3 Å². The second-order valence-electron chi connectivity index (χ2n) is 6.22. The summed E-state index contributed by atoms with van der Waals surface area (Å²) in [6, 6.07) is 13.9. The molecule has 0 saturated heterocycles. The predicted molar refractivity (Wildman–Crippen MR) is 103 cm³/mol. The van der Waals surface area contributed by atoms with Crippen LogP contribution < -0.4 is 5.32 Å². The molecule has 6 heteroatoms. The number of amides is 1. The van der Waals surface area contributed by atoms with Crippen LogP contribution in [-0.2, 0) is 11.2 Å². The Morgan fingerprint density at radius 3 is 2.81 bits per heavy atom. The molecule has 0 fully saturated rings. The standard InChI is InChI=1S/C20H17N3O2S/c1-12-8-13(2)19-15(9-12)16(23-25-19)10-18(24)22-20-21-17(11-26-20)14-6-4-3-5-7-14/h3-9,11H,10H2,1-2H3,(H,21,22,24). The highest BCUT2D eigenvalue weighted by Crippen LogP contribution is 2.26. The van der Waals surface area contributed by atoms with Crippen LogP contribution in [0.5, 0.6) is 0 Å². The van der Waals surface area contributed by atoms with Gasteiger partial charge in [-0.25, -0.2) is 4.98 Å². The van der Waals surface area contributed by atoms with Gasteiger partial charge < -0.3 is 9.84 Å². The van der Waals surface area contributed by atoms with Crippen molar-refractivity contribution in [2.75, 3.05) is 5.32 Å². The summed E-state index contributed by atoms with van der Waals surface area (Å²) in [6.07, 6.45) is 0.149. The number of anilines is 1. The van der Waals surface area contributed by atoms with E-state index in [1.807, 2.05) is 61.7 Å². The third kappa shape index (κ3) is 3.23. The highest BCUT2D eigenvalue weighted by molar-refractivity contribution is 7.14. The maximum atomic E-state index is 12.4. The fourth-order valence-electron chi connectivity index (χ4n) is 2.96. The molecule has 1 N–H and O–H groups in total. The van der Waals surface area contributed by atoms with Crippen molar-refractivity contribution in [3.05, 3.63) is 64.7 Å². The summed E-state index contributed by atoms with van der Waals surface area (Å²) in [6.45, 7) is 4.00. The van der Waals surface area contributed by atoms with Crippen molar-refractivity contribution < 1.29 is 9.32 Å². The molecule has 0 saturated carbocycles. The minimum atomic E-state index is -0.159. The molecular formula is C20H17N3O2S. The molecule has 2 heterocycles. The van der Waals surface area contributed by atoms with Crippen LogP contribution in [0.15, 0.2) is 52.4 Å². The van der Waals surface area contributed by atoms with E-state index < -0.39 is 0 Å². The Labute approximate surface area is 154 Å². The van der Waals surface area contributed by atoms with Crippen molar-refractivity contribution in [1.29, 1.82) is 0 Å². The predicted octanol–water partition coefficient (Wildman–Crippen LogP) is 4.75. The molecule has 0 spiro atoms. The summed E-state index contributed by atoms with van der Waals surface area (Å²) >= 11 is 1.41. The van der Waals surface area contributed by atoms with Crippen molar-refractivity contribution in [2.24, 2.45) is 0 Å². The SMILES string of the molecule is Cc1cc(C)c2onc(CC(=O)Nc3nc(-c4ccccc4)cs3)c2c1. The number of fused-ring (bicyclic) bond motifs is 1. The first-order valence-corrected chi connectivity index (χ1v) is 9.14. The second kappa shape index (κ2) is 6.72. The Balaban J connectivity index is 1.51. The molecule has 1 amide bonds. The topological polar surface area (TPSA) is 68.0 Å². The lowest BCUT2D eigenvalue weighted by atomic mass is 10.1. The molecular weight excluding hydrogens is 346 g/mol. The number of aryl methyl sites for hydroxylation is 2. The molecule has 130 valence electrons. The zero-order valence-corrected chi connectivity index (χ0v) is 15.3. The minimum Gasteiger partial charge on any atom is -0.356 e. The van der Waals surface area contributed by atoms with Gasteiger partial charge in [-0.05, 0) is 31.0 Å². The van der Waals surface area contributed by atoms with Gasteiger partial charge in [0.25, 0.3) is 0 Å². The summed E-state index contributed by atoms with van der Waals surface area (Å²) < 4.78 is 5.40.